The van der Waals surface area contributed by atoms with Crippen LogP contribution in [0.3, 0.4) is 0 Å². The molecule has 1 aromatic rings. The Labute approximate surface area is 141 Å². The van der Waals surface area contributed by atoms with E-state index >= 15 is 0 Å². The summed E-state index contributed by atoms with van der Waals surface area (Å²) in [6, 6.07) is 8.39. The lowest BCUT2D eigenvalue weighted by Crippen LogP contribution is -2.52. The Morgan fingerprint density at radius 2 is 1.74 bits per heavy atom. The molecule has 23 heavy (non-hydrogen) atoms. The third kappa shape index (κ3) is 2.70. The van der Waals surface area contributed by atoms with Crippen LogP contribution in [0.15, 0.2) is 24.3 Å². The fraction of sp³-hybridized carbons (Fsp3) is 0.667. The molecule has 3 unspecified atom stereocenters. The summed E-state index contributed by atoms with van der Waals surface area (Å²) in [7, 11) is 0. The predicted molar refractivity (Wildman–Crippen MR) is 95.6 cm³/mol. The van der Waals surface area contributed by atoms with Crippen LogP contribution in [0.5, 0.6) is 0 Å². The highest BCUT2D eigenvalue weighted by Crippen LogP contribution is 2.62. The first-order valence-electron chi connectivity index (χ1n) is 8.95. The van der Waals surface area contributed by atoms with Gasteiger partial charge in [0.1, 0.15) is 0 Å². The second-order valence-electron chi connectivity index (χ2n) is 9.65. The van der Waals surface area contributed by atoms with Gasteiger partial charge < -0.3 is 5.32 Å². The first-order valence-corrected chi connectivity index (χ1v) is 8.95. The third-order valence-corrected chi connectivity index (χ3v) is 6.56. The molecule has 2 fully saturated rings. The molecule has 0 aromatic heterocycles. The summed E-state index contributed by atoms with van der Waals surface area (Å²) in [5.74, 6) is 0.832. The highest BCUT2D eigenvalue weighted by Gasteiger charge is 2.59. The second kappa shape index (κ2) is 5.09. The molecule has 3 atom stereocenters. The summed E-state index contributed by atoms with van der Waals surface area (Å²) in [5.41, 5.74) is 2.64. The van der Waals surface area contributed by atoms with Crippen molar-refractivity contribution in [3.8, 4) is 0 Å². The highest BCUT2D eigenvalue weighted by molar-refractivity contribution is 5.94. The molecule has 0 saturated heterocycles. The largest absolute Gasteiger partial charge is 0.348 e. The van der Waals surface area contributed by atoms with Gasteiger partial charge in [0, 0.05) is 11.6 Å². The van der Waals surface area contributed by atoms with Crippen molar-refractivity contribution in [1.29, 1.82) is 0 Å². The van der Waals surface area contributed by atoms with Crippen molar-refractivity contribution in [2.24, 2.45) is 16.7 Å². The van der Waals surface area contributed by atoms with Gasteiger partial charge in [0.05, 0.1) is 0 Å². The molecule has 126 valence electrons. The normalized spacial score (nSPS) is 32.1. The maximum atomic E-state index is 12.8. The summed E-state index contributed by atoms with van der Waals surface area (Å²) in [4.78, 5) is 12.8. The van der Waals surface area contributed by atoms with E-state index < -0.39 is 0 Å². The second-order valence-corrected chi connectivity index (χ2v) is 9.65. The molecular weight excluding hydrogens is 282 g/mol. The van der Waals surface area contributed by atoms with Gasteiger partial charge in [0.25, 0.3) is 5.91 Å². The molecule has 1 aromatic carbocycles. The Morgan fingerprint density at radius 1 is 1.13 bits per heavy atom. The van der Waals surface area contributed by atoms with E-state index in [4.69, 9.17) is 0 Å². The van der Waals surface area contributed by atoms with E-state index in [-0.39, 0.29) is 28.2 Å². The van der Waals surface area contributed by atoms with E-state index in [1.165, 1.54) is 24.8 Å². The maximum absolute atomic E-state index is 12.8. The van der Waals surface area contributed by atoms with Crippen molar-refractivity contribution < 1.29 is 4.79 Å². The molecule has 2 aliphatic carbocycles. The molecule has 0 heterocycles. The first-order chi connectivity index (χ1) is 10.5. The monoisotopic (exact) mass is 313 g/mol. The van der Waals surface area contributed by atoms with Gasteiger partial charge in [-0.2, -0.15) is 0 Å². The molecule has 0 radical (unpaired) electrons. The van der Waals surface area contributed by atoms with Crippen LogP contribution >= 0.6 is 0 Å². The van der Waals surface area contributed by atoms with E-state index in [1.807, 2.05) is 12.1 Å². The van der Waals surface area contributed by atoms with Crippen LogP contribution in [0.2, 0.25) is 0 Å². The Hall–Kier alpha value is -1.31. The molecular formula is C21H31NO. The van der Waals surface area contributed by atoms with E-state index in [0.29, 0.717) is 0 Å². The summed E-state index contributed by atoms with van der Waals surface area (Å²) in [6.45, 7) is 13.6. The summed E-state index contributed by atoms with van der Waals surface area (Å²) >= 11 is 0. The molecule has 2 aliphatic rings. The zero-order valence-electron chi connectivity index (χ0n) is 15.5. The number of benzene rings is 1. The van der Waals surface area contributed by atoms with Crippen LogP contribution in [0, 0.1) is 16.7 Å². The minimum atomic E-state index is 0.0808. The fourth-order valence-electron chi connectivity index (χ4n) is 5.00. The molecule has 2 heteroatoms. The number of carbonyl (C=O) groups excluding carboxylic acids is 1. The van der Waals surface area contributed by atoms with Crippen molar-refractivity contribution in [3.05, 3.63) is 35.4 Å². The van der Waals surface area contributed by atoms with Gasteiger partial charge in [0.15, 0.2) is 0 Å². The minimum absolute atomic E-state index is 0.0808. The van der Waals surface area contributed by atoms with Gasteiger partial charge in [0.2, 0.25) is 0 Å². The molecule has 2 nitrogen and oxygen atoms in total. The molecule has 0 spiro atoms. The predicted octanol–water partition coefficient (Wildman–Crippen LogP) is 4.93. The molecule has 3 rings (SSSR count). The Bertz CT molecular complexity index is 603. The van der Waals surface area contributed by atoms with Crippen LogP contribution in [0.4, 0.5) is 0 Å². The van der Waals surface area contributed by atoms with Crippen LogP contribution in [0.1, 0.15) is 76.7 Å². The number of nitrogens with one attached hydrogen (secondary N) is 1. The minimum Gasteiger partial charge on any atom is -0.348 e. The number of hydrogen-bond donors (Lipinski definition) is 1. The SMILES string of the molecule is CC(C)(C)c1ccc(C(=O)NC2C3(C)CCC(C3)C2(C)C)cc1. The molecule has 2 saturated carbocycles. The molecule has 0 aliphatic heterocycles. The van der Waals surface area contributed by atoms with Crippen LogP contribution < -0.4 is 5.32 Å². The van der Waals surface area contributed by atoms with E-state index in [0.717, 1.165) is 11.5 Å². The van der Waals surface area contributed by atoms with Gasteiger partial charge in [-0.25, -0.2) is 0 Å². The van der Waals surface area contributed by atoms with Gasteiger partial charge in [-0.1, -0.05) is 53.7 Å². The smallest absolute Gasteiger partial charge is 0.251 e. The zero-order valence-corrected chi connectivity index (χ0v) is 15.5. The molecule has 2 bridgehead atoms. The number of amides is 1. The average Bonchev–Trinajstić information content (AvgIpc) is 2.94. The van der Waals surface area contributed by atoms with Crippen LogP contribution in [0.25, 0.3) is 0 Å². The van der Waals surface area contributed by atoms with Gasteiger partial charge in [-0.3, -0.25) is 4.79 Å². The topological polar surface area (TPSA) is 29.1 Å². The maximum Gasteiger partial charge on any atom is 0.251 e. The lowest BCUT2D eigenvalue weighted by Gasteiger charge is -2.43. The zero-order chi connectivity index (χ0) is 17.0. The summed E-state index contributed by atoms with van der Waals surface area (Å²) in [6.07, 6.45) is 3.82. The van der Waals surface area contributed by atoms with Crippen molar-refractivity contribution in [2.45, 2.75) is 72.3 Å². The summed E-state index contributed by atoms with van der Waals surface area (Å²) in [5, 5.41) is 3.38. The number of rotatable bonds is 2. The Morgan fingerprint density at radius 3 is 2.22 bits per heavy atom. The van der Waals surface area contributed by atoms with Crippen molar-refractivity contribution >= 4 is 5.91 Å². The van der Waals surface area contributed by atoms with E-state index in [1.54, 1.807) is 0 Å². The average molecular weight is 313 g/mol. The van der Waals surface area contributed by atoms with Crippen molar-refractivity contribution in [3.63, 3.8) is 0 Å². The van der Waals surface area contributed by atoms with Crippen molar-refractivity contribution in [2.75, 3.05) is 0 Å². The molecule has 1 N–H and O–H groups in total. The quantitative estimate of drug-likeness (QED) is 0.824. The third-order valence-electron chi connectivity index (χ3n) is 6.56. The number of fused-ring (bicyclic) bond motifs is 2. The van der Waals surface area contributed by atoms with Gasteiger partial charge in [-0.05, 0) is 59.1 Å². The fourth-order valence-corrected chi connectivity index (χ4v) is 5.00. The van der Waals surface area contributed by atoms with Gasteiger partial charge in [-0.15, -0.1) is 0 Å². The van der Waals surface area contributed by atoms with E-state index in [9.17, 15) is 4.79 Å². The number of carbonyl (C=O) groups is 1. The Kier molecular flexibility index (Phi) is 3.66. The summed E-state index contributed by atoms with van der Waals surface area (Å²) < 4.78 is 0. The lowest BCUT2D eigenvalue weighted by molar-refractivity contribution is 0.0737. The van der Waals surface area contributed by atoms with Crippen LogP contribution in [-0.2, 0) is 5.41 Å². The van der Waals surface area contributed by atoms with Crippen molar-refractivity contribution in [1.82, 2.24) is 5.32 Å². The van der Waals surface area contributed by atoms with E-state index in [2.05, 4.69) is 59.0 Å². The molecule has 1 amide bonds. The highest BCUT2D eigenvalue weighted by atomic mass is 16.1. The lowest BCUT2D eigenvalue weighted by atomic mass is 9.68. The van der Waals surface area contributed by atoms with Gasteiger partial charge >= 0.3 is 0 Å². The Balaban J connectivity index is 1.77. The standard InChI is InChI=1S/C21H31NO/c1-19(2,3)15-9-7-14(8-10-15)17(23)22-18-20(4,5)16-11-12-21(18,6)13-16/h7-10,16,18H,11-13H2,1-6H3,(H,22,23). The van der Waals surface area contributed by atoms with Crippen LogP contribution in [-0.4, -0.2) is 11.9 Å². The number of hydrogen-bond acceptors (Lipinski definition) is 1. The first kappa shape index (κ1) is 16.5.